The molecule has 1 fully saturated rings. The van der Waals surface area contributed by atoms with Crippen LogP contribution < -0.4 is 4.74 Å². The van der Waals surface area contributed by atoms with Gasteiger partial charge in [-0.15, -0.1) is 11.3 Å². The number of rotatable bonds is 10. The Morgan fingerprint density at radius 1 is 1.07 bits per heavy atom. The van der Waals surface area contributed by atoms with Gasteiger partial charge in [-0.25, -0.2) is 0 Å². The first kappa shape index (κ1) is 28.7. The molecule has 0 saturated carbocycles. The number of carbonyl (C=O) groups excluding carboxylic acids is 2. The van der Waals surface area contributed by atoms with Crippen LogP contribution in [0.3, 0.4) is 0 Å². The first-order valence-corrected chi connectivity index (χ1v) is 15.5. The first-order valence-electron chi connectivity index (χ1n) is 14.2. The van der Waals surface area contributed by atoms with E-state index >= 15 is 0 Å². The molecular weight excluding hydrogens is 542 g/mol. The number of thiophene rings is 1. The molecule has 40 heavy (non-hydrogen) atoms. The number of benzene rings is 2. The van der Waals surface area contributed by atoms with Crippen LogP contribution in [0.25, 0.3) is 0 Å². The normalized spacial score (nSPS) is 17.2. The van der Waals surface area contributed by atoms with Gasteiger partial charge in [-0.1, -0.05) is 43.6 Å². The Labute approximate surface area is 246 Å². The zero-order valence-corrected chi connectivity index (χ0v) is 24.9. The van der Waals surface area contributed by atoms with E-state index in [1.807, 2.05) is 17.0 Å². The van der Waals surface area contributed by atoms with Gasteiger partial charge >= 0.3 is 0 Å². The smallest absolute Gasteiger partial charge is 0.254 e. The quantitative estimate of drug-likeness (QED) is 0.284. The number of fused-ring (bicyclic) bond motifs is 1. The standard InChI is InChI=1S/C32H38ClN3O3S/c1-23(2)24-8-10-27(11-9-24)39-22-29-28-13-19-40-30(28)12-16-36(29)31(37)21-35(18-17-34-14-3-4-15-34)32(38)25-6-5-7-26(33)20-25/h5-11,13,19-20,23,29H,3-4,12,14-18,21-22H2,1-2H3. The number of hydrogen-bond acceptors (Lipinski definition) is 5. The van der Waals surface area contributed by atoms with Crippen LogP contribution in [-0.4, -0.2) is 72.4 Å². The summed E-state index contributed by atoms with van der Waals surface area (Å²) >= 11 is 7.93. The average molecular weight is 580 g/mol. The SMILES string of the molecule is CC(C)c1ccc(OCC2c3ccsc3CCN2C(=O)CN(CCN2CCCC2)C(=O)c2cccc(Cl)c2)cc1. The van der Waals surface area contributed by atoms with Crippen LogP contribution in [0.4, 0.5) is 0 Å². The predicted octanol–water partition coefficient (Wildman–Crippen LogP) is 6.27. The Hall–Kier alpha value is -2.87. The fraction of sp³-hybridized carbons (Fsp3) is 0.438. The van der Waals surface area contributed by atoms with Gasteiger partial charge in [-0.3, -0.25) is 9.59 Å². The fourth-order valence-electron chi connectivity index (χ4n) is 5.58. The molecule has 2 amide bonds. The number of likely N-dealkylation sites (tertiary alicyclic amines) is 1. The van der Waals surface area contributed by atoms with E-state index in [2.05, 4.69) is 42.3 Å². The Kier molecular flexibility index (Phi) is 9.45. The van der Waals surface area contributed by atoms with E-state index < -0.39 is 0 Å². The third kappa shape index (κ3) is 6.88. The summed E-state index contributed by atoms with van der Waals surface area (Å²) in [4.78, 5) is 34.8. The minimum Gasteiger partial charge on any atom is -0.491 e. The van der Waals surface area contributed by atoms with Gasteiger partial charge in [-0.05, 0) is 91.2 Å². The van der Waals surface area contributed by atoms with Crippen LogP contribution in [0.5, 0.6) is 5.75 Å². The second-order valence-corrected chi connectivity index (χ2v) is 12.4. The monoisotopic (exact) mass is 579 g/mol. The molecule has 8 heteroatoms. The highest BCUT2D eigenvalue weighted by Gasteiger charge is 2.34. The van der Waals surface area contributed by atoms with Gasteiger partial charge in [0.05, 0.1) is 6.04 Å². The minimum absolute atomic E-state index is 0.0260. The van der Waals surface area contributed by atoms with Gasteiger partial charge in [0.15, 0.2) is 0 Å². The second-order valence-electron chi connectivity index (χ2n) is 11.0. The molecule has 212 valence electrons. The molecule has 6 nitrogen and oxygen atoms in total. The van der Waals surface area contributed by atoms with E-state index in [0.29, 0.717) is 36.2 Å². The Bertz CT molecular complexity index is 1300. The highest BCUT2D eigenvalue weighted by atomic mass is 35.5. The van der Waals surface area contributed by atoms with Crippen molar-refractivity contribution in [2.24, 2.45) is 0 Å². The topological polar surface area (TPSA) is 53.1 Å². The van der Waals surface area contributed by atoms with E-state index in [9.17, 15) is 9.59 Å². The van der Waals surface area contributed by atoms with Crippen molar-refractivity contribution in [2.75, 3.05) is 45.9 Å². The third-order valence-corrected chi connectivity index (χ3v) is 9.17. The summed E-state index contributed by atoms with van der Waals surface area (Å²) < 4.78 is 6.25. The highest BCUT2D eigenvalue weighted by Crippen LogP contribution is 2.34. The summed E-state index contributed by atoms with van der Waals surface area (Å²) in [5.41, 5.74) is 2.92. The summed E-state index contributed by atoms with van der Waals surface area (Å²) in [5, 5.41) is 2.60. The number of carbonyl (C=O) groups is 2. The predicted molar refractivity (Wildman–Crippen MR) is 162 cm³/mol. The molecule has 2 aliphatic heterocycles. The molecule has 1 aromatic heterocycles. The molecule has 2 aromatic carbocycles. The molecule has 3 aromatic rings. The maximum Gasteiger partial charge on any atom is 0.254 e. The highest BCUT2D eigenvalue weighted by molar-refractivity contribution is 7.10. The van der Waals surface area contributed by atoms with Crippen molar-refractivity contribution < 1.29 is 14.3 Å². The van der Waals surface area contributed by atoms with E-state index in [1.165, 1.54) is 23.3 Å². The van der Waals surface area contributed by atoms with Crippen molar-refractivity contribution in [1.82, 2.24) is 14.7 Å². The summed E-state index contributed by atoms with van der Waals surface area (Å²) in [7, 11) is 0. The molecule has 0 N–H and O–H groups in total. The zero-order chi connectivity index (χ0) is 28.1. The van der Waals surface area contributed by atoms with Crippen molar-refractivity contribution >= 4 is 34.8 Å². The molecule has 5 rings (SSSR count). The van der Waals surface area contributed by atoms with Crippen molar-refractivity contribution in [3.8, 4) is 5.75 Å². The molecule has 3 heterocycles. The van der Waals surface area contributed by atoms with E-state index in [4.69, 9.17) is 16.3 Å². The second kappa shape index (κ2) is 13.2. The van der Waals surface area contributed by atoms with Gasteiger partial charge in [-0.2, -0.15) is 0 Å². The van der Waals surface area contributed by atoms with Crippen LogP contribution in [0, 0.1) is 0 Å². The van der Waals surface area contributed by atoms with Gasteiger partial charge in [0.1, 0.15) is 18.9 Å². The molecule has 0 bridgehead atoms. The molecule has 1 atom stereocenters. The van der Waals surface area contributed by atoms with Gasteiger partial charge in [0.2, 0.25) is 5.91 Å². The molecule has 0 radical (unpaired) electrons. The van der Waals surface area contributed by atoms with Crippen molar-refractivity contribution in [2.45, 2.75) is 45.1 Å². The lowest BCUT2D eigenvalue weighted by molar-refractivity contribution is -0.135. The van der Waals surface area contributed by atoms with E-state index in [-0.39, 0.29) is 24.4 Å². The fourth-order valence-corrected chi connectivity index (χ4v) is 6.70. The van der Waals surface area contributed by atoms with Gasteiger partial charge in [0, 0.05) is 35.1 Å². The van der Waals surface area contributed by atoms with Crippen LogP contribution >= 0.6 is 22.9 Å². The summed E-state index contributed by atoms with van der Waals surface area (Å²) in [6.45, 7) is 8.68. The van der Waals surface area contributed by atoms with Crippen LogP contribution in [0.1, 0.15) is 65.0 Å². The van der Waals surface area contributed by atoms with E-state index in [1.54, 1.807) is 40.5 Å². The lowest BCUT2D eigenvalue weighted by atomic mass is 10.00. The molecule has 1 unspecified atom stereocenters. The maximum absolute atomic E-state index is 13.9. The number of nitrogens with zero attached hydrogens (tertiary/aromatic N) is 3. The number of hydrogen-bond donors (Lipinski definition) is 0. The van der Waals surface area contributed by atoms with Gasteiger partial charge < -0.3 is 19.4 Å². The molecule has 2 aliphatic rings. The van der Waals surface area contributed by atoms with Crippen molar-refractivity contribution in [1.29, 1.82) is 0 Å². The van der Waals surface area contributed by atoms with Crippen LogP contribution in [-0.2, 0) is 11.2 Å². The lowest BCUT2D eigenvalue weighted by Crippen LogP contribution is -2.49. The van der Waals surface area contributed by atoms with Crippen LogP contribution in [0.15, 0.2) is 60.0 Å². The first-order chi connectivity index (χ1) is 19.4. The van der Waals surface area contributed by atoms with Crippen molar-refractivity contribution in [3.05, 3.63) is 86.6 Å². The molecular formula is C32H38ClN3O3S. The molecule has 0 aliphatic carbocycles. The maximum atomic E-state index is 13.9. The summed E-state index contributed by atoms with van der Waals surface area (Å²) in [6.07, 6.45) is 3.17. The Balaban J connectivity index is 1.32. The third-order valence-electron chi connectivity index (χ3n) is 7.94. The lowest BCUT2D eigenvalue weighted by Gasteiger charge is -2.37. The zero-order valence-electron chi connectivity index (χ0n) is 23.4. The Morgan fingerprint density at radius 2 is 1.85 bits per heavy atom. The largest absolute Gasteiger partial charge is 0.491 e. The summed E-state index contributed by atoms with van der Waals surface area (Å²) in [5.74, 6) is 1.03. The number of amides is 2. The minimum atomic E-state index is -0.200. The van der Waals surface area contributed by atoms with Crippen molar-refractivity contribution in [3.63, 3.8) is 0 Å². The molecule has 1 saturated heterocycles. The number of halogens is 1. The average Bonchev–Trinajstić information content (AvgIpc) is 3.66. The van der Waals surface area contributed by atoms with Crippen LogP contribution in [0.2, 0.25) is 5.02 Å². The van der Waals surface area contributed by atoms with Gasteiger partial charge in [0.25, 0.3) is 5.91 Å². The summed E-state index contributed by atoms with van der Waals surface area (Å²) in [6, 6.07) is 17.1. The number of ether oxygens (including phenoxy) is 1. The van der Waals surface area contributed by atoms with E-state index in [0.717, 1.165) is 37.4 Å². The molecule has 0 spiro atoms. The Morgan fingerprint density at radius 3 is 2.58 bits per heavy atom.